The first-order valence-electron chi connectivity index (χ1n) is 5.76. The van der Waals surface area contributed by atoms with Crippen LogP contribution in [0.4, 0.5) is 5.69 Å². The first-order valence-corrected chi connectivity index (χ1v) is 7.29. The van der Waals surface area contributed by atoms with E-state index in [9.17, 15) is 9.00 Å². The molecular formula is C14H12ClNO3S. The van der Waals surface area contributed by atoms with Crippen LogP contribution in [0.1, 0.15) is 5.56 Å². The second-order valence-electron chi connectivity index (χ2n) is 4.10. The molecule has 0 aliphatic rings. The number of halogens is 1. The van der Waals surface area contributed by atoms with Gasteiger partial charge in [-0.25, -0.2) is 4.21 Å². The number of rotatable bonds is 4. The van der Waals surface area contributed by atoms with Gasteiger partial charge in [0.1, 0.15) is 0 Å². The number of aliphatic carboxylic acids is 1. The number of hydrogen-bond acceptors (Lipinski definition) is 3. The number of para-hydroxylation sites is 1. The molecule has 1 atom stereocenters. The number of hydrogen-bond donors (Lipinski definition) is 2. The Bertz CT molecular complexity index is 688. The number of nitrogen functional groups attached to an aromatic ring is 1. The zero-order valence-electron chi connectivity index (χ0n) is 10.4. The third kappa shape index (κ3) is 3.00. The van der Waals surface area contributed by atoms with Crippen LogP contribution >= 0.6 is 11.6 Å². The van der Waals surface area contributed by atoms with Gasteiger partial charge < -0.3 is 10.8 Å². The van der Waals surface area contributed by atoms with Crippen LogP contribution in [0, 0.1) is 0 Å². The van der Waals surface area contributed by atoms with Crippen LogP contribution in [0.15, 0.2) is 52.3 Å². The standard InChI is InChI=1S/C14H12ClNO3S/c15-10-5-1-2-6-11(10)20(19)12-7-3-4-9(14(12)16)8-13(17)18/h1-7H,8,16H2,(H,17,18). The summed E-state index contributed by atoms with van der Waals surface area (Å²) in [7, 11) is -1.54. The summed E-state index contributed by atoms with van der Waals surface area (Å²) in [6.45, 7) is 0. The molecule has 2 aromatic rings. The predicted molar refractivity (Wildman–Crippen MR) is 78.3 cm³/mol. The summed E-state index contributed by atoms with van der Waals surface area (Å²) < 4.78 is 12.5. The van der Waals surface area contributed by atoms with Gasteiger partial charge in [-0.1, -0.05) is 35.9 Å². The fraction of sp³-hybridized carbons (Fsp3) is 0.0714. The lowest BCUT2D eigenvalue weighted by Gasteiger charge is -2.10. The monoisotopic (exact) mass is 309 g/mol. The molecule has 2 rings (SSSR count). The third-order valence-corrected chi connectivity index (χ3v) is 4.69. The van der Waals surface area contributed by atoms with E-state index in [2.05, 4.69) is 0 Å². The molecule has 0 spiro atoms. The molecule has 0 saturated heterocycles. The molecule has 0 heterocycles. The molecule has 104 valence electrons. The molecule has 0 amide bonds. The number of carbonyl (C=O) groups is 1. The molecule has 0 bridgehead atoms. The minimum Gasteiger partial charge on any atom is -0.481 e. The van der Waals surface area contributed by atoms with Gasteiger partial charge in [-0.05, 0) is 23.8 Å². The minimum atomic E-state index is -1.54. The summed E-state index contributed by atoms with van der Waals surface area (Å²) in [5, 5.41) is 9.21. The largest absolute Gasteiger partial charge is 0.481 e. The molecular weight excluding hydrogens is 298 g/mol. The zero-order valence-corrected chi connectivity index (χ0v) is 11.9. The van der Waals surface area contributed by atoms with Crippen molar-refractivity contribution < 1.29 is 14.1 Å². The number of carboxylic acids is 1. The Morgan fingerprint density at radius 2 is 1.80 bits per heavy atom. The minimum absolute atomic E-state index is 0.209. The highest BCUT2D eigenvalue weighted by molar-refractivity contribution is 7.85. The van der Waals surface area contributed by atoms with Gasteiger partial charge in [0.05, 0.1) is 37.7 Å². The predicted octanol–water partition coefficient (Wildman–Crippen LogP) is 2.72. The normalized spacial score (nSPS) is 12.1. The summed E-state index contributed by atoms with van der Waals surface area (Å²) >= 11 is 6.02. The fourth-order valence-electron chi connectivity index (χ4n) is 1.78. The van der Waals surface area contributed by atoms with Crippen molar-refractivity contribution >= 4 is 34.1 Å². The van der Waals surface area contributed by atoms with E-state index in [0.717, 1.165) is 0 Å². The quantitative estimate of drug-likeness (QED) is 0.851. The van der Waals surface area contributed by atoms with Gasteiger partial charge in [-0.2, -0.15) is 0 Å². The molecule has 2 aromatic carbocycles. The Balaban J connectivity index is 2.46. The number of carboxylic acid groups (broad SMARTS) is 1. The lowest BCUT2D eigenvalue weighted by Crippen LogP contribution is -2.07. The first kappa shape index (κ1) is 14.6. The van der Waals surface area contributed by atoms with Crippen molar-refractivity contribution in [2.45, 2.75) is 16.2 Å². The lowest BCUT2D eigenvalue weighted by molar-refractivity contribution is -0.136. The maximum Gasteiger partial charge on any atom is 0.307 e. The number of nitrogens with two attached hydrogens (primary N) is 1. The smallest absolute Gasteiger partial charge is 0.307 e. The first-order chi connectivity index (χ1) is 9.50. The van der Waals surface area contributed by atoms with Crippen molar-refractivity contribution in [1.29, 1.82) is 0 Å². The Morgan fingerprint density at radius 1 is 1.15 bits per heavy atom. The van der Waals surface area contributed by atoms with Crippen LogP contribution in [0.2, 0.25) is 5.02 Å². The maximum absolute atomic E-state index is 12.5. The van der Waals surface area contributed by atoms with Crippen LogP contribution < -0.4 is 5.73 Å². The summed E-state index contributed by atoms with van der Waals surface area (Å²) in [5.74, 6) is -0.989. The second-order valence-corrected chi connectivity index (χ2v) is 5.92. The van der Waals surface area contributed by atoms with Gasteiger partial charge in [0.15, 0.2) is 0 Å². The molecule has 0 aromatic heterocycles. The van der Waals surface area contributed by atoms with Crippen molar-refractivity contribution in [3.05, 3.63) is 53.1 Å². The fourth-order valence-corrected chi connectivity index (χ4v) is 3.34. The summed E-state index contributed by atoms with van der Waals surface area (Å²) in [5.41, 5.74) is 6.59. The van der Waals surface area contributed by atoms with Gasteiger partial charge in [-0.15, -0.1) is 0 Å². The van der Waals surface area contributed by atoms with Gasteiger partial charge in [-0.3, -0.25) is 4.79 Å². The molecule has 0 radical (unpaired) electrons. The van der Waals surface area contributed by atoms with Crippen molar-refractivity contribution in [3.8, 4) is 0 Å². The summed E-state index contributed by atoms with van der Waals surface area (Å²) in [6.07, 6.45) is -0.209. The topological polar surface area (TPSA) is 80.4 Å². The SMILES string of the molecule is Nc1c(CC(=O)O)cccc1S(=O)c1ccccc1Cl. The van der Waals surface area contributed by atoms with Crippen LogP contribution in [0.25, 0.3) is 0 Å². The molecule has 4 nitrogen and oxygen atoms in total. The zero-order chi connectivity index (χ0) is 14.7. The molecule has 1 unspecified atom stereocenters. The van der Waals surface area contributed by atoms with E-state index in [1.54, 1.807) is 42.5 Å². The van der Waals surface area contributed by atoms with Crippen molar-refractivity contribution in [3.63, 3.8) is 0 Å². The number of anilines is 1. The van der Waals surface area contributed by atoms with Gasteiger partial charge >= 0.3 is 5.97 Å². The van der Waals surface area contributed by atoms with E-state index in [4.69, 9.17) is 22.4 Å². The second kappa shape index (κ2) is 6.07. The van der Waals surface area contributed by atoms with E-state index in [-0.39, 0.29) is 12.1 Å². The maximum atomic E-state index is 12.5. The van der Waals surface area contributed by atoms with Gasteiger partial charge in [0.25, 0.3) is 0 Å². The number of benzene rings is 2. The molecule has 0 aliphatic carbocycles. The van der Waals surface area contributed by atoms with E-state index >= 15 is 0 Å². The summed E-state index contributed by atoms with van der Waals surface area (Å²) in [6, 6.07) is 11.6. The highest BCUT2D eigenvalue weighted by Crippen LogP contribution is 2.29. The van der Waals surface area contributed by atoms with Crippen molar-refractivity contribution in [2.24, 2.45) is 0 Å². The molecule has 3 N–H and O–H groups in total. The Labute approximate surface area is 123 Å². The van der Waals surface area contributed by atoms with E-state index in [1.807, 2.05) is 0 Å². The van der Waals surface area contributed by atoms with Gasteiger partial charge in [0.2, 0.25) is 0 Å². The van der Waals surface area contributed by atoms with Gasteiger partial charge in [0, 0.05) is 0 Å². The van der Waals surface area contributed by atoms with Crippen LogP contribution in [-0.4, -0.2) is 15.3 Å². The Hall–Kier alpha value is -1.85. The Morgan fingerprint density at radius 3 is 2.45 bits per heavy atom. The van der Waals surface area contributed by atoms with E-state index < -0.39 is 16.8 Å². The lowest BCUT2D eigenvalue weighted by atomic mass is 10.1. The molecule has 6 heteroatoms. The highest BCUT2D eigenvalue weighted by atomic mass is 35.5. The highest BCUT2D eigenvalue weighted by Gasteiger charge is 2.16. The molecule has 20 heavy (non-hydrogen) atoms. The average Bonchev–Trinajstić information content (AvgIpc) is 2.40. The summed E-state index contributed by atoms with van der Waals surface area (Å²) in [4.78, 5) is 11.6. The van der Waals surface area contributed by atoms with E-state index in [1.165, 1.54) is 0 Å². The molecule has 0 aliphatic heterocycles. The van der Waals surface area contributed by atoms with Crippen LogP contribution in [0.5, 0.6) is 0 Å². The van der Waals surface area contributed by atoms with Crippen LogP contribution in [0.3, 0.4) is 0 Å². The molecule has 0 fully saturated rings. The Kier molecular flexibility index (Phi) is 4.42. The average molecular weight is 310 g/mol. The van der Waals surface area contributed by atoms with Crippen LogP contribution in [-0.2, 0) is 22.0 Å². The van der Waals surface area contributed by atoms with E-state index in [0.29, 0.717) is 20.4 Å². The van der Waals surface area contributed by atoms with Crippen molar-refractivity contribution in [2.75, 3.05) is 5.73 Å². The molecule has 0 saturated carbocycles. The third-order valence-electron chi connectivity index (χ3n) is 2.73. The van der Waals surface area contributed by atoms with Crippen molar-refractivity contribution in [1.82, 2.24) is 0 Å².